The molecule has 0 bridgehead atoms. The highest BCUT2D eigenvalue weighted by Gasteiger charge is 2.19. The molecule has 0 unspecified atom stereocenters. The van der Waals surface area contributed by atoms with Crippen LogP contribution in [0.15, 0.2) is 35.5 Å². The van der Waals surface area contributed by atoms with Gasteiger partial charge in [-0.1, -0.05) is 0 Å². The molecule has 1 aromatic carbocycles. The zero-order valence-corrected chi connectivity index (χ0v) is 13.8. The molecule has 7 nitrogen and oxygen atoms in total. The summed E-state index contributed by atoms with van der Waals surface area (Å²) >= 11 is 1.22. The van der Waals surface area contributed by atoms with Crippen molar-refractivity contribution in [2.24, 2.45) is 7.05 Å². The molecule has 4 rings (SSSR count). The van der Waals surface area contributed by atoms with Crippen LogP contribution in [0.25, 0.3) is 21.1 Å². The van der Waals surface area contributed by atoms with Crippen molar-refractivity contribution in [3.8, 4) is 0 Å². The summed E-state index contributed by atoms with van der Waals surface area (Å²) in [6.07, 6.45) is 3.17. The Morgan fingerprint density at radius 1 is 1.38 bits per heavy atom. The smallest absolute Gasteiger partial charge is 0.266 e. The van der Waals surface area contributed by atoms with Gasteiger partial charge in [0, 0.05) is 18.1 Å². The fraction of sp³-hybridized carbons (Fsp3) is 0.125. The fourth-order valence-electron chi connectivity index (χ4n) is 2.63. The minimum atomic E-state index is -0.250. The van der Waals surface area contributed by atoms with E-state index >= 15 is 0 Å². The Hall–Kier alpha value is -3.00. The van der Waals surface area contributed by atoms with Gasteiger partial charge in [0.25, 0.3) is 11.5 Å². The third-order valence-corrected chi connectivity index (χ3v) is 5.11. The van der Waals surface area contributed by atoms with Gasteiger partial charge in [0.1, 0.15) is 4.83 Å². The zero-order chi connectivity index (χ0) is 16.8. The summed E-state index contributed by atoms with van der Waals surface area (Å²) in [5.74, 6) is -0.250. The van der Waals surface area contributed by atoms with Crippen molar-refractivity contribution in [1.82, 2.24) is 19.7 Å². The molecular formula is C16H13N5O2S. The highest BCUT2D eigenvalue weighted by Crippen LogP contribution is 2.28. The highest BCUT2D eigenvalue weighted by atomic mass is 32.1. The number of carbonyl (C=O) groups excluding carboxylic acids is 1. The first-order chi connectivity index (χ1) is 11.5. The minimum Gasteiger partial charge on any atom is -0.321 e. The Balaban J connectivity index is 1.74. The van der Waals surface area contributed by atoms with Crippen LogP contribution >= 0.6 is 11.3 Å². The number of amides is 1. The molecule has 2 N–H and O–H groups in total. The summed E-state index contributed by atoms with van der Waals surface area (Å²) in [6.45, 7) is 1.77. The third kappa shape index (κ3) is 2.19. The number of thiophene rings is 1. The topological polar surface area (TPSA) is 92.7 Å². The SMILES string of the molecule is Cc1c(C(=O)Nc2ccc3[nH]ncc3c2)sc2ncn(C)c(=O)c12. The molecule has 0 saturated carbocycles. The van der Waals surface area contributed by atoms with Gasteiger partial charge in [-0.15, -0.1) is 11.3 Å². The summed E-state index contributed by atoms with van der Waals surface area (Å²) in [5, 5.41) is 11.1. The molecule has 0 fully saturated rings. The maximum absolute atomic E-state index is 12.6. The van der Waals surface area contributed by atoms with E-state index < -0.39 is 0 Å². The van der Waals surface area contributed by atoms with Crippen molar-refractivity contribution in [3.63, 3.8) is 0 Å². The Kier molecular flexibility index (Phi) is 3.20. The van der Waals surface area contributed by atoms with Crippen LogP contribution in [0.1, 0.15) is 15.2 Å². The summed E-state index contributed by atoms with van der Waals surface area (Å²) in [5.41, 5.74) is 2.09. The number of H-pyrrole nitrogens is 1. The Labute approximate surface area is 140 Å². The van der Waals surface area contributed by atoms with Gasteiger partial charge in [-0.2, -0.15) is 5.10 Å². The fourth-order valence-corrected chi connectivity index (χ4v) is 3.67. The number of anilines is 1. The number of aryl methyl sites for hydroxylation is 2. The number of rotatable bonds is 2. The van der Waals surface area contributed by atoms with E-state index in [-0.39, 0.29) is 11.5 Å². The average Bonchev–Trinajstić information content (AvgIpc) is 3.15. The second-order valence-corrected chi connectivity index (χ2v) is 6.52. The maximum atomic E-state index is 12.6. The van der Waals surface area contributed by atoms with Gasteiger partial charge in [-0.25, -0.2) is 4.98 Å². The van der Waals surface area contributed by atoms with Gasteiger partial charge in [0.05, 0.1) is 28.3 Å². The molecule has 0 saturated heterocycles. The molecule has 3 heterocycles. The van der Waals surface area contributed by atoms with Crippen LogP contribution in [0.2, 0.25) is 0 Å². The van der Waals surface area contributed by atoms with Gasteiger partial charge in [-0.05, 0) is 30.7 Å². The van der Waals surface area contributed by atoms with Crippen molar-refractivity contribution in [2.75, 3.05) is 5.32 Å². The van der Waals surface area contributed by atoms with Crippen LogP contribution in [0, 0.1) is 6.92 Å². The number of carbonyl (C=O) groups is 1. The predicted molar refractivity (Wildman–Crippen MR) is 93.6 cm³/mol. The lowest BCUT2D eigenvalue weighted by Crippen LogP contribution is -2.17. The van der Waals surface area contributed by atoms with Gasteiger partial charge in [0.2, 0.25) is 0 Å². The van der Waals surface area contributed by atoms with Crippen LogP contribution in [-0.4, -0.2) is 25.7 Å². The van der Waals surface area contributed by atoms with E-state index in [1.54, 1.807) is 26.2 Å². The molecule has 3 aromatic heterocycles. The first-order valence-corrected chi connectivity index (χ1v) is 8.05. The van der Waals surface area contributed by atoms with Crippen LogP contribution < -0.4 is 10.9 Å². The number of nitrogens with one attached hydrogen (secondary N) is 2. The maximum Gasteiger partial charge on any atom is 0.266 e. The standard InChI is InChI=1S/C16H13N5O2S/c1-8-12-15(17-7-21(2)16(12)23)24-13(8)14(22)19-10-3-4-11-9(5-10)6-18-20-11/h3-7H,1-2H3,(H,18,20)(H,19,22). The number of aromatic amines is 1. The lowest BCUT2D eigenvalue weighted by atomic mass is 10.2. The number of fused-ring (bicyclic) bond motifs is 2. The van der Waals surface area contributed by atoms with Gasteiger partial charge >= 0.3 is 0 Å². The van der Waals surface area contributed by atoms with Crippen LogP contribution in [0.3, 0.4) is 0 Å². The lowest BCUT2D eigenvalue weighted by molar-refractivity contribution is 0.103. The van der Waals surface area contributed by atoms with Crippen molar-refractivity contribution in [1.29, 1.82) is 0 Å². The zero-order valence-electron chi connectivity index (χ0n) is 13.0. The van der Waals surface area contributed by atoms with Crippen LogP contribution in [-0.2, 0) is 7.05 Å². The summed E-state index contributed by atoms with van der Waals surface area (Å²) in [6, 6.07) is 5.50. The summed E-state index contributed by atoms with van der Waals surface area (Å²) in [7, 11) is 1.64. The molecule has 0 radical (unpaired) electrons. The van der Waals surface area contributed by atoms with E-state index in [4.69, 9.17) is 0 Å². The summed E-state index contributed by atoms with van der Waals surface area (Å²) in [4.78, 5) is 30.2. The van der Waals surface area contributed by atoms with Crippen molar-refractivity contribution >= 4 is 44.1 Å². The van der Waals surface area contributed by atoms with Crippen LogP contribution in [0.5, 0.6) is 0 Å². The molecular weight excluding hydrogens is 326 g/mol. The Bertz CT molecular complexity index is 1150. The molecule has 0 atom stereocenters. The highest BCUT2D eigenvalue weighted by molar-refractivity contribution is 7.20. The first kappa shape index (κ1) is 14.6. The minimum absolute atomic E-state index is 0.146. The van der Waals surface area contributed by atoms with E-state index in [1.165, 1.54) is 22.2 Å². The molecule has 24 heavy (non-hydrogen) atoms. The van der Waals surface area contributed by atoms with Crippen LogP contribution in [0.4, 0.5) is 5.69 Å². The van der Waals surface area contributed by atoms with Gasteiger partial charge in [0.15, 0.2) is 0 Å². The number of benzene rings is 1. The predicted octanol–water partition coefficient (Wildman–Crippen LogP) is 2.43. The number of hydrogen-bond acceptors (Lipinski definition) is 5. The summed E-state index contributed by atoms with van der Waals surface area (Å²) < 4.78 is 1.41. The molecule has 120 valence electrons. The van der Waals surface area contributed by atoms with E-state index in [1.807, 2.05) is 12.1 Å². The molecule has 8 heteroatoms. The number of hydrogen-bond donors (Lipinski definition) is 2. The molecule has 0 aliphatic rings. The number of nitrogens with zero attached hydrogens (tertiary/aromatic N) is 3. The molecule has 0 aliphatic carbocycles. The largest absolute Gasteiger partial charge is 0.321 e. The average molecular weight is 339 g/mol. The molecule has 1 amide bonds. The second kappa shape index (κ2) is 5.27. The van der Waals surface area contributed by atoms with E-state index in [0.29, 0.717) is 26.3 Å². The molecule has 0 aliphatic heterocycles. The van der Waals surface area contributed by atoms with Crippen molar-refractivity contribution in [3.05, 3.63) is 51.5 Å². The molecule has 4 aromatic rings. The van der Waals surface area contributed by atoms with Gasteiger partial charge in [-0.3, -0.25) is 14.7 Å². The quantitative estimate of drug-likeness (QED) is 0.586. The van der Waals surface area contributed by atoms with Crippen molar-refractivity contribution in [2.45, 2.75) is 6.92 Å². The second-order valence-electron chi connectivity index (χ2n) is 5.52. The monoisotopic (exact) mass is 339 g/mol. The first-order valence-electron chi connectivity index (χ1n) is 7.24. The van der Waals surface area contributed by atoms with E-state index in [2.05, 4.69) is 20.5 Å². The Morgan fingerprint density at radius 2 is 2.21 bits per heavy atom. The van der Waals surface area contributed by atoms with E-state index in [9.17, 15) is 9.59 Å². The third-order valence-electron chi connectivity index (χ3n) is 3.91. The van der Waals surface area contributed by atoms with Crippen molar-refractivity contribution < 1.29 is 4.79 Å². The Morgan fingerprint density at radius 3 is 3.04 bits per heavy atom. The molecule has 0 spiro atoms. The van der Waals surface area contributed by atoms with E-state index in [0.717, 1.165) is 10.9 Å². The number of aromatic nitrogens is 4. The normalized spacial score (nSPS) is 11.2. The van der Waals surface area contributed by atoms with Gasteiger partial charge < -0.3 is 9.88 Å². The lowest BCUT2D eigenvalue weighted by Gasteiger charge is -2.04.